The maximum absolute atomic E-state index is 13.0. The molecule has 1 saturated heterocycles. The van der Waals surface area contributed by atoms with Crippen molar-refractivity contribution in [3.8, 4) is 0 Å². The van der Waals surface area contributed by atoms with Crippen LogP contribution in [0.2, 0.25) is 0 Å². The summed E-state index contributed by atoms with van der Waals surface area (Å²) in [6.07, 6.45) is -2.58. The van der Waals surface area contributed by atoms with Crippen molar-refractivity contribution in [3.63, 3.8) is 0 Å². The molecule has 6 heteroatoms. The van der Waals surface area contributed by atoms with Gasteiger partial charge in [0.15, 0.2) is 0 Å². The summed E-state index contributed by atoms with van der Waals surface area (Å²) in [4.78, 5) is 0. The van der Waals surface area contributed by atoms with Gasteiger partial charge >= 0.3 is 7.12 Å². The number of hydrogen-bond acceptors (Lipinski definition) is 3. The van der Waals surface area contributed by atoms with Crippen LogP contribution in [0.25, 0.3) is 0 Å². The Kier molecular flexibility index (Phi) is 4.95. The standard InChI is InChI=1S/C21H25BF2O3/c1-19(2)20(3,4)27-22(26-19)17-11-9-15(10-12-17)21(5,25)16-8-6-7-14(13-16)18(23)24/h6-13,18,25H,1-5H3/t21-/m1/s1. The van der Waals surface area contributed by atoms with Gasteiger partial charge in [0.1, 0.15) is 5.60 Å². The van der Waals surface area contributed by atoms with E-state index in [9.17, 15) is 13.9 Å². The molecule has 0 unspecified atom stereocenters. The van der Waals surface area contributed by atoms with Gasteiger partial charge in [-0.1, -0.05) is 42.5 Å². The lowest BCUT2D eigenvalue weighted by atomic mass is 9.77. The first kappa shape index (κ1) is 20.0. The predicted octanol–water partition coefficient (Wildman–Crippen LogP) is 4.18. The highest BCUT2D eigenvalue weighted by atomic mass is 19.3. The van der Waals surface area contributed by atoms with E-state index in [4.69, 9.17) is 9.31 Å². The van der Waals surface area contributed by atoms with Crippen LogP contribution < -0.4 is 5.46 Å². The van der Waals surface area contributed by atoms with E-state index in [0.717, 1.165) is 5.46 Å². The molecule has 1 heterocycles. The van der Waals surface area contributed by atoms with E-state index in [1.807, 2.05) is 39.8 Å². The van der Waals surface area contributed by atoms with E-state index in [-0.39, 0.29) is 5.56 Å². The number of halogens is 2. The zero-order chi connectivity index (χ0) is 20.0. The Hall–Kier alpha value is -1.76. The van der Waals surface area contributed by atoms with E-state index < -0.39 is 30.3 Å². The molecule has 2 aromatic carbocycles. The van der Waals surface area contributed by atoms with Crippen LogP contribution in [-0.4, -0.2) is 23.4 Å². The molecular formula is C21H25BF2O3. The molecule has 0 aliphatic carbocycles. The third kappa shape index (κ3) is 3.66. The van der Waals surface area contributed by atoms with Crippen LogP contribution in [-0.2, 0) is 14.9 Å². The van der Waals surface area contributed by atoms with Gasteiger partial charge < -0.3 is 14.4 Å². The van der Waals surface area contributed by atoms with Gasteiger partial charge in [0.05, 0.1) is 11.2 Å². The van der Waals surface area contributed by atoms with Gasteiger partial charge in [-0.2, -0.15) is 0 Å². The lowest BCUT2D eigenvalue weighted by molar-refractivity contribution is 0.00578. The Labute approximate surface area is 159 Å². The zero-order valence-electron chi connectivity index (χ0n) is 16.3. The second-order valence-corrected chi connectivity index (χ2v) is 8.21. The van der Waals surface area contributed by atoms with Crippen LogP contribution in [0.1, 0.15) is 57.7 Å². The largest absolute Gasteiger partial charge is 0.494 e. The van der Waals surface area contributed by atoms with Crippen molar-refractivity contribution in [1.29, 1.82) is 0 Å². The fraction of sp³-hybridized carbons (Fsp3) is 0.429. The molecule has 27 heavy (non-hydrogen) atoms. The van der Waals surface area contributed by atoms with Crippen molar-refractivity contribution >= 4 is 12.6 Å². The average Bonchev–Trinajstić information content (AvgIpc) is 2.83. The molecule has 1 fully saturated rings. The summed E-state index contributed by atoms with van der Waals surface area (Å²) in [6.45, 7) is 9.55. The minimum absolute atomic E-state index is 0.110. The van der Waals surface area contributed by atoms with Crippen LogP contribution in [0.15, 0.2) is 48.5 Å². The lowest BCUT2D eigenvalue weighted by Gasteiger charge is -2.32. The zero-order valence-corrected chi connectivity index (χ0v) is 16.3. The third-order valence-corrected chi connectivity index (χ3v) is 5.70. The maximum Gasteiger partial charge on any atom is 0.494 e. The molecule has 1 aliphatic rings. The van der Waals surface area contributed by atoms with E-state index in [2.05, 4.69) is 0 Å². The summed E-state index contributed by atoms with van der Waals surface area (Å²) in [5.74, 6) is 0. The third-order valence-electron chi connectivity index (χ3n) is 5.70. The first-order valence-electron chi connectivity index (χ1n) is 9.01. The van der Waals surface area contributed by atoms with Gasteiger partial charge in [0.25, 0.3) is 6.43 Å². The minimum atomic E-state index is -2.58. The van der Waals surface area contributed by atoms with Crippen LogP contribution in [0.5, 0.6) is 0 Å². The summed E-state index contributed by atoms with van der Waals surface area (Å²) in [7, 11) is -0.490. The highest BCUT2D eigenvalue weighted by Gasteiger charge is 2.51. The molecule has 1 atom stereocenters. The number of hydrogen-bond donors (Lipinski definition) is 1. The van der Waals surface area contributed by atoms with Crippen LogP contribution in [0.3, 0.4) is 0 Å². The maximum atomic E-state index is 13.0. The van der Waals surface area contributed by atoms with Crippen molar-refractivity contribution in [1.82, 2.24) is 0 Å². The van der Waals surface area contributed by atoms with Gasteiger partial charge in [-0.25, -0.2) is 8.78 Å². The molecule has 0 bridgehead atoms. The highest BCUT2D eigenvalue weighted by molar-refractivity contribution is 6.62. The normalized spacial score (nSPS) is 20.7. The predicted molar refractivity (Wildman–Crippen MR) is 102 cm³/mol. The van der Waals surface area contributed by atoms with Crippen LogP contribution in [0.4, 0.5) is 8.78 Å². The van der Waals surface area contributed by atoms with Gasteiger partial charge in [0, 0.05) is 5.56 Å². The van der Waals surface area contributed by atoms with Gasteiger partial charge in [-0.3, -0.25) is 0 Å². The quantitative estimate of drug-likeness (QED) is 0.817. The summed E-state index contributed by atoms with van der Waals surface area (Å²) in [5, 5.41) is 11.0. The molecule has 1 N–H and O–H groups in total. The molecular weight excluding hydrogens is 349 g/mol. The lowest BCUT2D eigenvalue weighted by Crippen LogP contribution is -2.41. The Morgan fingerprint density at radius 2 is 1.48 bits per heavy atom. The average molecular weight is 374 g/mol. The van der Waals surface area contributed by atoms with Gasteiger partial charge in [-0.15, -0.1) is 0 Å². The van der Waals surface area contributed by atoms with E-state index in [1.54, 1.807) is 25.1 Å². The molecule has 0 aromatic heterocycles. The number of rotatable bonds is 4. The van der Waals surface area contributed by atoms with Crippen LogP contribution in [0, 0.1) is 0 Å². The van der Waals surface area contributed by atoms with Crippen molar-refractivity contribution < 1.29 is 23.2 Å². The second kappa shape index (κ2) is 6.69. The Morgan fingerprint density at radius 3 is 2.00 bits per heavy atom. The Balaban J connectivity index is 1.86. The molecule has 2 aromatic rings. The van der Waals surface area contributed by atoms with Crippen molar-refractivity contribution in [2.75, 3.05) is 0 Å². The monoisotopic (exact) mass is 374 g/mol. The smallest absolute Gasteiger partial charge is 0.399 e. The van der Waals surface area contributed by atoms with E-state index >= 15 is 0 Å². The molecule has 0 radical (unpaired) electrons. The van der Waals surface area contributed by atoms with E-state index in [1.165, 1.54) is 18.2 Å². The molecule has 1 aliphatic heterocycles. The summed E-state index contributed by atoms with van der Waals surface area (Å²) >= 11 is 0. The number of alkyl halides is 2. The summed E-state index contributed by atoms with van der Waals surface area (Å²) in [5.41, 5.74) is -0.497. The first-order valence-corrected chi connectivity index (χ1v) is 9.01. The topological polar surface area (TPSA) is 38.7 Å². The Bertz CT molecular complexity index is 800. The molecule has 3 rings (SSSR count). The molecule has 144 valence electrons. The number of aliphatic hydroxyl groups is 1. The molecule has 0 amide bonds. The van der Waals surface area contributed by atoms with Crippen LogP contribution >= 0.6 is 0 Å². The van der Waals surface area contributed by atoms with Crippen molar-refractivity contribution in [2.24, 2.45) is 0 Å². The Morgan fingerprint density at radius 1 is 0.926 bits per heavy atom. The fourth-order valence-electron chi connectivity index (χ4n) is 3.09. The van der Waals surface area contributed by atoms with Gasteiger partial charge in [-0.05, 0) is 57.3 Å². The first-order chi connectivity index (χ1) is 12.4. The molecule has 0 saturated carbocycles. The summed E-state index contributed by atoms with van der Waals surface area (Å²) in [6, 6.07) is 13.1. The SMILES string of the molecule is CC1(C)OB(c2ccc([C@@](C)(O)c3cccc(C(F)F)c3)cc2)OC1(C)C. The summed E-state index contributed by atoms with van der Waals surface area (Å²) < 4.78 is 38.0. The van der Waals surface area contributed by atoms with Crippen molar-refractivity contribution in [2.45, 2.75) is 57.8 Å². The van der Waals surface area contributed by atoms with Crippen molar-refractivity contribution in [3.05, 3.63) is 65.2 Å². The highest BCUT2D eigenvalue weighted by Crippen LogP contribution is 2.37. The second-order valence-electron chi connectivity index (χ2n) is 8.21. The number of benzene rings is 2. The molecule has 0 spiro atoms. The fourth-order valence-corrected chi connectivity index (χ4v) is 3.09. The molecule has 3 nitrogen and oxygen atoms in total. The van der Waals surface area contributed by atoms with E-state index in [0.29, 0.717) is 11.1 Å². The van der Waals surface area contributed by atoms with Gasteiger partial charge in [0.2, 0.25) is 0 Å². The minimum Gasteiger partial charge on any atom is -0.399 e.